The zero-order chi connectivity index (χ0) is 18.4. The number of hydrogen-bond donors (Lipinski definition) is 0. The summed E-state index contributed by atoms with van der Waals surface area (Å²) in [6.45, 7) is 18.0. The molecule has 0 spiro atoms. The number of nitrogens with zero attached hydrogens (tertiary/aromatic N) is 2. The second-order valence-corrected chi connectivity index (χ2v) is 7.44. The molecule has 2 nitrogen and oxygen atoms in total. The highest BCUT2D eigenvalue weighted by Crippen LogP contribution is 2.32. The number of aromatic nitrogens is 1. The van der Waals surface area contributed by atoms with E-state index < -0.39 is 5.54 Å². The normalized spacial score (nSPS) is 11.6. The van der Waals surface area contributed by atoms with Gasteiger partial charge in [-0.1, -0.05) is 17.7 Å². The predicted molar refractivity (Wildman–Crippen MR) is 104 cm³/mol. The van der Waals surface area contributed by atoms with Crippen LogP contribution in [-0.4, -0.2) is 0 Å². The van der Waals surface area contributed by atoms with E-state index in [1.807, 2.05) is 13.8 Å². The molecule has 0 aliphatic carbocycles. The third kappa shape index (κ3) is 2.81. The first-order chi connectivity index (χ1) is 11.8. The third-order valence-electron chi connectivity index (χ3n) is 5.24. The molecule has 1 heterocycles. The number of fused-ring (bicyclic) bond motifs is 1. The summed E-state index contributed by atoms with van der Waals surface area (Å²) >= 11 is 0. The monoisotopic (exact) mass is 329 g/mol. The molecule has 0 saturated carbocycles. The van der Waals surface area contributed by atoms with Crippen LogP contribution in [0.15, 0.2) is 42.5 Å². The molecule has 25 heavy (non-hydrogen) atoms. The van der Waals surface area contributed by atoms with Crippen molar-refractivity contribution in [1.82, 2.24) is 0 Å². The zero-order valence-electron chi connectivity index (χ0n) is 15.9. The molecule has 0 bridgehead atoms. The SMILES string of the molecule is [C-]#[N+]C(C)(C)c1cccc2c1ccc(-c1cc(C)cc(C)c1C)[n+]2C. The van der Waals surface area contributed by atoms with Gasteiger partial charge >= 0.3 is 0 Å². The highest BCUT2D eigenvalue weighted by atomic mass is 14.9. The first kappa shape index (κ1) is 17.2. The fourth-order valence-electron chi connectivity index (χ4n) is 3.59. The molecule has 2 heteroatoms. The minimum Gasteiger partial charge on any atom is -0.306 e. The molecule has 126 valence electrons. The van der Waals surface area contributed by atoms with E-state index in [0.29, 0.717) is 0 Å². The van der Waals surface area contributed by atoms with Crippen LogP contribution in [0.4, 0.5) is 0 Å². The van der Waals surface area contributed by atoms with E-state index in [1.54, 1.807) is 0 Å². The van der Waals surface area contributed by atoms with Crippen LogP contribution in [0.1, 0.15) is 36.1 Å². The standard InChI is InChI=1S/C23H25N2/c1-15-13-16(2)17(3)19(14-15)22-12-11-18-20(23(4,5)24-6)9-8-10-21(18)25(22)7/h8-14H,1-5,7H3/q+1. The first-order valence-electron chi connectivity index (χ1n) is 8.65. The van der Waals surface area contributed by atoms with Crippen LogP contribution in [0.2, 0.25) is 0 Å². The molecule has 2 aromatic carbocycles. The molecular weight excluding hydrogens is 304 g/mol. The van der Waals surface area contributed by atoms with Crippen molar-refractivity contribution in [2.75, 3.05) is 0 Å². The van der Waals surface area contributed by atoms with Crippen LogP contribution in [0.3, 0.4) is 0 Å². The molecular formula is C23H25N2+. The van der Waals surface area contributed by atoms with Crippen LogP contribution < -0.4 is 4.57 Å². The van der Waals surface area contributed by atoms with Crippen molar-refractivity contribution < 1.29 is 4.57 Å². The van der Waals surface area contributed by atoms with Crippen LogP contribution >= 0.6 is 0 Å². The van der Waals surface area contributed by atoms with Gasteiger partial charge in [-0.3, -0.25) is 0 Å². The quantitative estimate of drug-likeness (QED) is 0.439. The lowest BCUT2D eigenvalue weighted by molar-refractivity contribution is -0.633. The largest absolute Gasteiger partial charge is 0.306 e. The topological polar surface area (TPSA) is 8.24 Å². The molecule has 0 amide bonds. The number of hydrogen-bond acceptors (Lipinski definition) is 0. The van der Waals surface area contributed by atoms with Crippen molar-refractivity contribution in [2.24, 2.45) is 7.05 Å². The summed E-state index contributed by atoms with van der Waals surface area (Å²) in [6.07, 6.45) is 0. The van der Waals surface area contributed by atoms with E-state index in [1.165, 1.54) is 27.9 Å². The maximum absolute atomic E-state index is 7.54. The molecule has 0 saturated heterocycles. The number of aryl methyl sites for hydroxylation is 3. The van der Waals surface area contributed by atoms with E-state index in [4.69, 9.17) is 6.57 Å². The highest BCUT2D eigenvalue weighted by Gasteiger charge is 2.30. The van der Waals surface area contributed by atoms with Gasteiger partial charge in [0.15, 0.2) is 0 Å². The van der Waals surface area contributed by atoms with Gasteiger partial charge in [0, 0.05) is 37.1 Å². The van der Waals surface area contributed by atoms with E-state index >= 15 is 0 Å². The molecule has 0 N–H and O–H groups in total. The molecule has 3 aromatic rings. The fraction of sp³-hybridized carbons (Fsp3) is 0.304. The molecule has 0 fully saturated rings. The fourth-order valence-corrected chi connectivity index (χ4v) is 3.59. The molecule has 3 rings (SSSR count). The zero-order valence-corrected chi connectivity index (χ0v) is 15.9. The Morgan fingerprint density at radius 3 is 2.40 bits per heavy atom. The maximum atomic E-state index is 7.54. The predicted octanol–water partition coefficient (Wildman–Crippen LogP) is 5.41. The van der Waals surface area contributed by atoms with Gasteiger partial charge in [0.05, 0.1) is 5.39 Å². The highest BCUT2D eigenvalue weighted by molar-refractivity contribution is 5.83. The summed E-state index contributed by atoms with van der Waals surface area (Å²) in [5.74, 6) is 0. The van der Waals surface area contributed by atoms with Gasteiger partial charge in [0.2, 0.25) is 11.2 Å². The minimum atomic E-state index is -0.524. The summed E-state index contributed by atoms with van der Waals surface area (Å²) in [6, 6.07) is 15.1. The number of pyridine rings is 1. The lowest BCUT2D eigenvalue weighted by Gasteiger charge is -2.15. The van der Waals surface area contributed by atoms with E-state index in [9.17, 15) is 0 Å². The van der Waals surface area contributed by atoms with Crippen LogP contribution in [0.25, 0.3) is 27.0 Å². The maximum Gasteiger partial charge on any atom is 0.252 e. The Morgan fingerprint density at radius 1 is 1.00 bits per heavy atom. The van der Waals surface area contributed by atoms with Gasteiger partial charge in [-0.25, -0.2) is 6.57 Å². The van der Waals surface area contributed by atoms with E-state index in [-0.39, 0.29) is 0 Å². The van der Waals surface area contributed by atoms with Crippen LogP contribution in [-0.2, 0) is 12.6 Å². The molecule has 1 aromatic heterocycles. The second-order valence-electron chi connectivity index (χ2n) is 7.44. The summed E-state index contributed by atoms with van der Waals surface area (Å²) < 4.78 is 2.25. The van der Waals surface area contributed by atoms with E-state index in [0.717, 1.165) is 16.5 Å². The van der Waals surface area contributed by atoms with Gasteiger partial charge in [0.25, 0.3) is 5.54 Å². The summed E-state index contributed by atoms with van der Waals surface area (Å²) in [4.78, 5) is 3.83. The van der Waals surface area contributed by atoms with Gasteiger partial charge in [0.1, 0.15) is 7.05 Å². The van der Waals surface area contributed by atoms with Crippen molar-refractivity contribution in [1.29, 1.82) is 0 Å². The van der Waals surface area contributed by atoms with Crippen LogP contribution in [0, 0.1) is 27.3 Å². The lowest BCUT2D eigenvalue weighted by atomic mass is 9.90. The molecule has 0 radical (unpaired) electrons. The van der Waals surface area contributed by atoms with Gasteiger partial charge in [-0.05, 0) is 50.1 Å². The van der Waals surface area contributed by atoms with Crippen molar-refractivity contribution >= 4 is 10.9 Å². The average Bonchev–Trinajstić information content (AvgIpc) is 2.58. The summed E-state index contributed by atoms with van der Waals surface area (Å²) in [5, 5.41) is 1.15. The van der Waals surface area contributed by atoms with E-state index in [2.05, 4.69) is 79.7 Å². The van der Waals surface area contributed by atoms with Crippen molar-refractivity contribution in [3.05, 3.63) is 76.1 Å². The Balaban J connectivity index is 2.33. The Morgan fingerprint density at radius 2 is 1.72 bits per heavy atom. The third-order valence-corrected chi connectivity index (χ3v) is 5.24. The minimum absolute atomic E-state index is 0.524. The van der Waals surface area contributed by atoms with Gasteiger partial charge in [-0.15, -0.1) is 0 Å². The Hall–Kier alpha value is -2.66. The molecule has 0 atom stereocenters. The Bertz CT molecular complexity index is 1020. The smallest absolute Gasteiger partial charge is 0.252 e. The average molecular weight is 329 g/mol. The Labute approximate surface area is 150 Å². The second kappa shape index (κ2) is 6.01. The summed E-state index contributed by atoms with van der Waals surface area (Å²) in [5.41, 5.74) is 8.11. The molecule has 0 unspecified atom stereocenters. The Kier molecular flexibility index (Phi) is 4.13. The molecule has 0 aliphatic rings. The van der Waals surface area contributed by atoms with Gasteiger partial charge in [-0.2, -0.15) is 4.57 Å². The number of benzene rings is 2. The van der Waals surface area contributed by atoms with Crippen molar-refractivity contribution in [3.63, 3.8) is 0 Å². The summed E-state index contributed by atoms with van der Waals surface area (Å²) in [7, 11) is 2.11. The number of rotatable bonds is 2. The lowest BCUT2D eigenvalue weighted by Crippen LogP contribution is -2.33. The van der Waals surface area contributed by atoms with Gasteiger partial charge < -0.3 is 4.85 Å². The van der Waals surface area contributed by atoms with Crippen LogP contribution in [0.5, 0.6) is 0 Å². The van der Waals surface area contributed by atoms with Crippen molar-refractivity contribution in [3.8, 4) is 11.3 Å². The van der Waals surface area contributed by atoms with Crippen molar-refractivity contribution in [2.45, 2.75) is 40.2 Å². The molecule has 0 aliphatic heterocycles. The first-order valence-corrected chi connectivity index (χ1v) is 8.65.